The molecule has 0 aliphatic carbocycles. The van der Waals surface area contributed by atoms with Crippen LogP contribution in [0.4, 0.5) is 5.82 Å². The van der Waals surface area contributed by atoms with Crippen LogP contribution in [0.15, 0.2) is 30.3 Å². The lowest BCUT2D eigenvalue weighted by Crippen LogP contribution is -2.40. The summed E-state index contributed by atoms with van der Waals surface area (Å²) in [5.74, 6) is 0.196. The van der Waals surface area contributed by atoms with Crippen LogP contribution in [0.1, 0.15) is 6.42 Å². The van der Waals surface area contributed by atoms with Crippen molar-refractivity contribution in [3.8, 4) is 11.3 Å². The number of aliphatic hydroxyl groups is 3. The zero-order valence-electron chi connectivity index (χ0n) is 14.1. The molecule has 1 atom stereocenters. The van der Waals surface area contributed by atoms with Gasteiger partial charge < -0.3 is 20.2 Å². The highest BCUT2D eigenvalue weighted by atomic mass is 35.5. The molecular formula is C17H17Cl2N5O3. The second-order valence-electron chi connectivity index (χ2n) is 5.65. The molecule has 2 heterocycles. The minimum Gasteiger partial charge on any atom is -0.396 e. The lowest BCUT2D eigenvalue weighted by Gasteiger charge is -2.28. The van der Waals surface area contributed by atoms with Crippen molar-refractivity contribution in [1.29, 1.82) is 0 Å². The zero-order chi connectivity index (χ0) is 19.4. The molecule has 3 N–H and O–H groups in total. The third-order valence-electron chi connectivity index (χ3n) is 3.84. The lowest BCUT2D eigenvalue weighted by atomic mass is 10.1. The Balaban J connectivity index is 2.21. The van der Waals surface area contributed by atoms with Gasteiger partial charge in [-0.15, -0.1) is 0 Å². The summed E-state index contributed by atoms with van der Waals surface area (Å²) < 4.78 is 0. The van der Waals surface area contributed by atoms with E-state index in [1.165, 1.54) is 4.90 Å². The number of nitrogens with zero attached hydrogens (tertiary/aromatic N) is 5. The van der Waals surface area contributed by atoms with E-state index < -0.39 is 12.8 Å². The Labute approximate surface area is 165 Å². The van der Waals surface area contributed by atoms with Crippen molar-refractivity contribution in [2.24, 2.45) is 0 Å². The van der Waals surface area contributed by atoms with E-state index in [0.717, 1.165) is 5.56 Å². The van der Waals surface area contributed by atoms with E-state index in [-0.39, 0.29) is 40.6 Å². The van der Waals surface area contributed by atoms with Crippen molar-refractivity contribution in [3.63, 3.8) is 0 Å². The highest BCUT2D eigenvalue weighted by Gasteiger charge is 2.23. The smallest absolute Gasteiger partial charge is 0.226 e. The molecular weight excluding hydrogens is 393 g/mol. The molecule has 1 aromatic carbocycles. The van der Waals surface area contributed by atoms with E-state index in [1.807, 2.05) is 30.3 Å². The molecule has 3 aromatic rings. The van der Waals surface area contributed by atoms with Crippen molar-refractivity contribution >= 4 is 40.2 Å². The van der Waals surface area contributed by atoms with Gasteiger partial charge in [-0.25, -0.2) is 9.97 Å². The molecule has 142 valence electrons. The normalized spacial score (nSPS) is 12.3. The first kappa shape index (κ1) is 19.7. The Hall–Kier alpha value is -2.10. The summed E-state index contributed by atoms with van der Waals surface area (Å²) >= 11 is 12.3. The van der Waals surface area contributed by atoms with Crippen molar-refractivity contribution in [2.75, 3.05) is 24.7 Å². The first-order valence-electron chi connectivity index (χ1n) is 8.17. The predicted octanol–water partition coefficient (Wildman–Crippen LogP) is 1.89. The van der Waals surface area contributed by atoms with Crippen molar-refractivity contribution in [2.45, 2.75) is 12.6 Å². The second-order valence-corrected chi connectivity index (χ2v) is 6.35. The van der Waals surface area contributed by atoms with Crippen LogP contribution in [-0.2, 0) is 0 Å². The molecule has 27 heavy (non-hydrogen) atoms. The van der Waals surface area contributed by atoms with Gasteiger partial charge in [0.2, 0.25) is 5.28 Å². The largest absolute Gasteiger partial charge is 0.396 e. The summed E-state index contributed by atoms with van der Waals surface area (Å²) in [6, 6.07) is 9.24. The van der Waals surface area contributed by atoms with Crippen LogP contribution < -0.4 is 4.90 Å². The van der Waals surface area contributed by atoms with Gasteiger partial charge in [0.05, 0.1) is 6.61 Å². The number of anilines is 1. The number of aromatic nitrogens is 4. The molecule has 0 radical (unpaired) electrons. The van der Waals surface area contributed by atoms with E-state index in [2.05, 4.69) is 19.9 Å². The summed E-state index contributed by atoms with van der Waals surface area (Å²) in [5, 5.41) is 28.8. The van der Waals surface area contributed by atoms with Gasteiger partial charge >= 0.3 is 0 Å². The van der Waals surface area contributed by atoms with Gasteiger partial charge in [-0.05, 0) is 18.0 Å². The van der Waals surface area contributed by atoms with Crippen molar-refractivity contribution in [1.82, 2.24) is 19.9 Å². The number of fused-ring (bicyclic) bond motifs is 1. The lowest BCUT2D eigenvalue weighted by molar-refractivity contribution is 0.0899. The van der Waals surface area contributed by atoms with Gasteiger partial charge in [-0.3, -0.25) is 0 Å². The predicted molar refractivity (Wildman–Crippen MR) is 103 cm³/mol. The monoisotopic (exact) mass is 409 g/mol. The van der Waals surface area contributed by atoms with Gasteiger partial charge in [0.15, 0.2) is 28.4 Å². The van der Waals surface area contributed by atoms with E-state index in [0.29, 0.717) is 12.1 Å². The number of benzene rings is 1. The molecule has 0 spiro atoms. The Kier molecular flexibility index (Phi) is 6.35. The van der Waals surface area contributed by atoms with E-state index >= 15 is 0 Å². The van der Waals surface area contributed by atoms with Gasteiger partial charge in [-0.1, -0.05) is 41.9 Å². The molecule has 3 rings (SSSR count). The zero-order valence-corrected chi connectivity index (χ0v) is 15.6. The number of halogens is 2. The number of hydrogen-bond acceptors (Lipinski definition) is 8. The first-order valence-corrected chi connectivity index (χ1v) is 8.93. The van der Waals surface area contributed by atoms with E-state index in [9.17, 15) is 10.2 Å². The highest BCUT2D eigenvalue weighted by Crippen LogP contribution is 2.30. The van der Waals surface area contributed by atoms with Crippen molar-refractivity contribution < 1.29 is 15.3 Å². The number of rotatable bonds is 7. The van der Waals surface area contributed by atoms with Crippen LogP contribution in [0, 0.1) is 0 Å². The van der Waals surface area contributed by atoms with E-state index in [4.69, 9.17) is 28.3 Å². The maximum atomic E-state index is 10.2. The summed E-state index contributed by atoms with van der Waals surface area (Å²) in [4.78, 5) is 18.4. The summed E-state index contributed by atoms with van der Waals surface area (Å²) in [6.07, 6.45) is -0.921. The molecule has 0 bridgehead atoms. The molecule has 0 aliphatic rings. The maximum Gasteiger partial charge on any atom is 0.226 e. The third kappa shape index (κ3) is 4.26. The van der Waals surface area contributed by atoms with Crippen LogP contribution >= 0.6 is 23.2 Å². The standard InChI is InChI=1S/C17H17Cl2N5O3/c18-14-12(10-5-2-1-3-6-10)20-13-15(21-14)22-17(19)23-16(13)24(7-4-8-25)11(27)9-26/h1-3,5-6,11,25-27H,4,7-9H2. The molecule has 0 amide bonds. The Morgan fingerprint density at radius 1 is 1.00 bits per heavy atom. The molecule has 2 aromatic heterocycles. The molecule has 0 saturated carbocycles. The molecule has 0 fully saturated rings. The molecule has 1 unspecified atom stereocenters. The summed E-state index contributed by atoms with van der Waals surface area (Å²) in [7, 11) is 0. The first-order chi connectivity index (χ1) is 13.0. The fourth-order valence-electron chi connectivity index (χ4n) is 2.60. The van der Waals surface area contributed by atoms with Crippen LogP contribution in [0.25, 0.3) is 22.4 Å². The molecule has 8 nitrogen and oxygen atoms in total. The van der Waals surface area contributed by atoms with Crippen LogP contribution in [0.2, 0.25) is 10.4 Å². The second kappa shape index (κ2) is 8.73. The molecule has 10 heteroatoms. The van der Waals surface area contributed by atoms with Gasteiger partial charge in [-0.2, -0.15) is 9.97 Å². The highest BCUT2D eigenvalue weighted by molar-refractivity contribution is 6.32. The van der Waals surface area contributed by atoms with Crippen LogP contribution in [0.5, 0.6) is 0 Å². The quantitative estimate of drug-likeness (QED) is 0.400. The summed E-state index contributed by atoms with van der Waals surface area (Å²) in [5.41, 5.74) is 1.61. The van der Waals surface area contributed by atoms with Crippen LogP contribution in [0.3, 0.4) is 0 Å². The van der Waals surface area contributed by atoms with Crippen molar-refractivity contribution in [3.05, 3.63) is 40.8 Å². The minimum absolute atomic E-state index is 0.0990. The van der Waals surface area contributed by atoms with Crippen LogP contribution in [-0.4, -0.2) is 61.2 Å². The molecule has 0 aliphatic heterocycles. The Morgan fingerprint density at radius 2 is 1.74 bits per heavy atom. The minimum atomic E-state index is -1.26. The number of aliphatic hydroxyl groups excluding tert-OH is 3. The SMILES string of the molecule is OCCCN(c1nc(Cl)nc2nc(Cl)c(-c3ccccc3)nc12)C(O)CO. The maximum absolute atomic E-state index is 10.2. The van der Waals surface area contributed by atoms with Gasteiger partial charge in [0.25, 0.3) is 0 Å². The topological polar surface area (TPSA) is 115 Å². The third-order valence-corrected chi connectivity index (χ3v) is 4.28. The van der Waals surface area contributed by atoms with E-state index in [1.54, 1.807) is 0 Å². The fourth-order valence-corrected chi connectivity index (χ4v) is 2.99. The molecule has 0 saturated heterocycles. The van der Waals surface area contributed by atoms with Gasteiger partial charge in [0.1, 0.15) is 5.69 Å². The fraction of sp³-hybridized carbons (Fsp3) is 0.294. The Morgan fingerprint density at radius 3 is 2.41 bits per heavy atom. The Bertz CT molecular complexity index is 929. The average Bonchev–Trinajstić information content (AvgIpc) is 2.67. The number of hydrogen-bond donors (Lipinski definition) is 3. The average molecular weight is 410 g/mol. The summed E-state index contributed by atoms with van der Waals surface area (Å²) in [6.45, 7) is -0.426. The van der Waals surface area contributed by atoms with Gasteiger partial charge in [0, 0.05) is 18.7 Å².